The van der Waals surface area contributed by atoms with E-state index >= 15 is 0 Å². The molecular formula is C23H23NO3. The molecule has 2 N–H and O–H groups in total. The van der Waals surface area contributed by atoms with Crippen LogP contribution in [0.4, 0.5) is 5.69 Å². The van der Waals surface area contributed by atoms with Crippen LogP contribution >= 0.6 is 0 Å². The summed E-state index contributed by atoms with van der Waals surface area (Å²) in [5.41, 5.74) is 4.54. The van der Waals surface area contributed by atoms with Crippen LogP contribution in [0.25, 0.3) is 0 Å². The van der Waals surface area contributed by atoms with Crippen LogP contribution in [0, 0.1) is 0 Å². The fourth-order valence-corrected chi connectivity index (χ4v) is 3.80. The predicted molar refractivity (Wildman–Crippen MR) is 107 cm³/mol. The van der Waals surface area contributed by atoms with Crippen LogP contribution in [-0.4, -0.2) is 30.9 Å². The number of ether oxygens (including phenoxy) is 1. The molecule has 0 radical (unpaired) electrons. The Morgan fingerprint density at radius 2 is 1.44 bits per heavy atom. The van der Waals surface area contributed by atoms with Crippen LogP contribution in [0.1, 0.15) is 28.5 Å². The molecule has 3 aromatic carbocycles. The number of phenolic OH excluding ortho intramolecular Hbond substituents is 2. The number of anilines is 1. The SMILES string of the molecule is CN(C)c1ccc(C2c3ccc(O)cc3OCC2c2ccc(O)cc2)cc1. The van der Waals surface area contributed by atoms with E-state index in [1.807, 2.05) is 32.3 Å². The lowest BCUT2D eigenvalue weighted by molar-refractivity contribution is 0.247. The number of benzene rings is 3. The van der Waals surface area contributed by atoms with Crippen molar-refractivity contribution in [1.29, 1.82) is 0 Å². The summed E-state index contributed by atoms with van der Waals surface area (Å²) in [6.07, 6.45) is 0. The first kappa shape index (κ1) is 17.3. The summed E-state index contributed by atoms with van der Waals surface area (Å²) in [4.78, 5) is 2.08. The van der Waals surface area contributed by atoms with Gasteiger partial charge in [0.05, 0.1) is 6.61 Å². The van der Waals surface area contributed by atoms with Gasteiger partial charge in [-0.05, 0) is 41.5 Å². The lowest BCUT2D eigenvalue weighted by Gasteiger charge is -2.34. The molecule has 0 spiro atoms. The van der Waals surface area contributed by atoms with Gasteiger partial charge in [0.1, 0.15) is 17.2 Å². The number of rotatable bonds is 3. The molecule has 0 aliphatic carbocycles. The van der Waals surface area contributed by atoms with Gasteiger partial charge in [-0.15, -0.1) is 0 Å². The van der Waals surface area contributed by atoms with Gasteiger partial charge in [0.25, 0.3) is 0 Å². The van der Waals surface area contributed by atoms with Crippen LogP contribution < -0.4 is 9.64 Å². The van der Waals surface area contributed by atoms with Gasteiger partial charge >= 0.3 is 0 Å². The maximum Gasteiger partial charge on any atom is 0.126 e. The lowest BCUT2D eigenvalue weighted by Crippen LogP contribution is -2.25. The van der Waals surface area contributed by atoms with Crippen molar-refractivity contribution in [2.24, 2.45) is 0 Å². The first-order valence-corrected chi connectivity index (χ1v) is 9.05. The number of hydrogen-bond acceptors (Lipinski definition) is 4. The van der Waals surface area contributed by atoms with Crippen LogP contribution in [0.2, 0.25) is 0 Å². The molecule has 4 rings (SSSR count). The fourth-order valence-electron chi connectivity index (χ4n) is 3.80. The summed E-state index contributed by atoms with van der Waals surface area (Å²) in [7, 11) is 4.06. The van der Waals surface area contributed by atoms with Gasteiger partial charge in [0, 0.05) is 43.2 Å². The van der Waals surface area contributed by atoms with Gasteiger partial charge in [-0.3, -0.25) is 0 Å². The molecule has 0 saturated carbocycles. The molecule has 1 aliphatic heterocycles. The van der Waals surface area contributed by atoms with Crippen LogP contribution in [0.5, 0.6) is 17.2 Å². The first-order chi connectivity index (χ1) is 13.0. The molecule has 2 atom stereocenters. The van der Waals surface area contributed by atoms with Crippen molar-refractivity contribution in [2.45, 2.75) is 11.8 Å². The fraction of sp³-hybridized carbons (Fsp3) is 0.217. The predicted octanol–water partition coefficient (Wildman–Crippen LogP) is 4.47. The molecule has 2 unspecified atom stereocenters. The van der Waals surface area contributed by atoms with Gasteiger partial charge < -0.3 is 19.8 Å². The summed E-state index contributed by atoms with van der Waals surface area (Å²) < 4.78 is 5.98. The van der Waals surface area contributed by atoms with E-state index in [2.05, 4.69) is 29.2 Å². The van der Waals surface area contributed by atoms with Gasteiger partial charge in [-0.1, -0.05) is 30.3 Å². The van der Waals surface area contributed by atoms with E-state index in [1.54, 1.807) is 24.3 Å². The molecule has 0 fully saturated rings. The standard InChI is InChI=1S/C23H23NO3/c1-24(2)17-7-3-16(4-8-17)23-20-12-11-19(26)13-22(20)27-14-21(23)15-5-9-18(25)10-6-15/h3-13,21,23,25-26H,14H2,1-2H3. The van der Waals surface area contributed by atoms with E-state index in [9.17, 15) is 10.2 Å². The van der Waals surface area contributed by atoms with Gasteiger partial charge in [0.2, 0.25) is 0 Å². The van der Waals surface area contributed by atoms with Crippen molar-refractivity contribution in [1.82, 2.24) is 0 Å². The van der Waals surface area contributed by atoms with Crippen molar-refractivity contribution in [3.8, 4) is 17.2 Å². The number of nitrogens with zero attached hydrogens (tertiary/aromatic N) is 1. The Bertz CT molecular complexity index is 933. The Hall–Kier alpha value is -3.14. The Kier molecular flexibility index (Phi) is 4.40. The van der Waals surface area contributed by atoms with E-state index in [1.165, 1.54) is 5.56 Å². The zero-order chi connectivity index (χ0) is 19.0. The highest BCUT2D eigenvalue weighted by atomic mass is 16.5. The molecular weight excluding hydrogens is 338 g/mol. The molecule has 3 aromatic rings. The second-order valence-electron chi connectivity index (χ2n) is 7.19. The molecule has 1 heterocycles. The number of aromatic hydroxyl groups is 2. The quantitative estimate of drug-likeness (QED) is 0.723. The third-order valence-electron chi connectivity index (χ3n) is 5.24. The maximum absolute atomic E-state index is 9.84. The number of hydrogen-bond donors (Lipinski definition) is 2. The molecule has 1 aliphatic rings. The zero-order valence-electron chi connectivity index (χ0n) is 15.5. The topological polar surface area (TPSA) is 52.9 Å². The van der Waals surface area contributed by atoms with Crippen molar-refractivity contribution >= 4 is 5.69 Å². The average Bonchev–Trinajstić information content (AvgIpc) is 2.68. The number of fused-ring (bicyclic) bond motifs is 1. The molecule has 4 heteroatoms. The minimum Gasteiger partial charge on any atom is -0.508 e. The smallest absolute Gasteiger partial charge is 0.126 e. The third kappa shape index (κ3) is 3.31. The first-order valence-electron chi connectivity index (χ1n) is 9.05. The second kappa shape index (κ2) is 6.88. The molecule has 0 saturated heterocycles. The van der Waals surface area contributed by atoms with Crippen molar-refractivity contribution < 1.29 is 14.9 Å². The highest BCUT2D eigenvalue weighted by Gasteiger charge is 2.33. The summed E-state index contributed by atoms with van der Waals surface area (Å²) in [6, 6.07) is 21.3. The summed E-state index contributed by atoms with van der Waals surface area (Å²) in [5, 5.41) is 19.5. The van der Waals surface area contributed by atoms with E-state index in [0.717, 1.165) is 22.6 Å². The number of phenols is 2. The van der Waals surface area contributed by atoms with Crippen LogP contribution in [0.3, 0.4) is 0 Å². The molecule has 4 nitrogen and oxygen atoms in total. The van der Waals surface area contributed by atoms with E-state index in [4.69, 9.17) is 4.74 Å². The Morgan fingerprint density at radius 3 is 2.11 bits per heavy atom. The molecule has 0 amide bonds. The molecule has 0 aromatic heterocycles. The summed E-state index contributed by atoms with van der Waals surface area (Å²) in [6.45, 7) is 0.515. The Balaban J connectivity index is 1.81. The van der Waals surface area contributed by atoms with Crippen LogP contribution in [-0.2, 0) is 0 Å². The normalized spacial score (nSPS) is 18.4. The molecule has 27 heavy (non-hydrogen) atoms. The third-order valence-corrected chi connectivity index (χ3v) is 5.24. The summed E-state index contributed by atoms with van der Waals surface area (Å²) >= 11 is 0. The second-order valence-corrected chi connectivity index (χ2v) is 7.19. The highest BCUT2D eigenvalue weighted by Crippen LogP contribution is 2.47. The zero-order valence-corrected chi connectivity index (χ0v) is 15.5. The van der Waals surface area contributed by atoms with Gasteiger partial charge in [-0.2, -0.15) is 0 Å². The van der Waals surface area contributed by atoms with E-state index < -0.39 is 0 Å². The Morgan fingerprint density at radius 1 is 0.815 bits per heavy atom. The minimum absolute atomic E-state index is 0.107. The van der Waals surface area contributed by atoms with Crippen LogP contribution in [0.15, 0.2) is 66.7 Å². The van der Waals surface area contributed by atoms with E-state index in [0.29, 0.717) is 6.61 Å². The molecule has 0 bridgehead atoms. The maximum atomic E-state index is 9.84. The Labute approximate surface area is 159 Å². The molecule has 138 valence electrons. The van der Waals surface area contributed by atoms with Gasteiger partial charge in [-0.25, -0.2) is 0 Å². The van der Waals surface area contributed by atoms with Crippen molar-refractivity contribution in [2.75, 3.05) is 25.6 Å². The van der Waals surface area contributed by atoms with Crippen molar-refractivity contribution in [3.05, 3.63) is 83.4 Å². The summed E-state index contributed by atoms with van der Waals surface area (Å²) in [5.74, 6) is 1.42. The highest BCUT2D eigenvalue weighted by molar-refractivity contribution is 5.53. The van der Waals surface area contributed by atoms with Crippen molar-refractivity contribution in [3.63, 3.8) is 0 Å². The van der Waals surface area contributed by atoms with Gasteiger partial charge in [0.15, 0.2) is 0 Å². The van der Waals surface area contributed by atoms with E-state index in [-0.39, 0.29) is 23.3 Å². The lowest BCUT2D eigenvalue weighted by atomic mass is 9.76. The minimum atomic E-state index is 0.107. The average molecular weight is 361 g/mol. The monoisotopic (exact) mass is 361 g/mol. The largest absolute Gasteiger partial charge is 0.508 e.